The predicted molar refractivity (Wildman–Crippen MR) is 146 cm³/mol. The molecule has 0 spiro atoms. The van der Waals surface area contributed by atoms with Gasteiger partial charge < -0.3 is 26.0 Å². The zero-order valence-electron chi connectivity index (χ0n) is 24.0. The van der Waals surface area contributed by atoms with Crippen molar-refractivity contribution in [3.8, 4) is 5.75 Å². The first-order chi connectivity index (χ1) is 20.7. The summed E-state index contributed by atoms with van der Waals surface area (Å²) in [4.78, 5) is 63.8. The fourth-order valence-corrected chi connectivity index (χ4v) is 4.47. The quantitative estimate of drug-likeness (QED) is 0.162. The summed E-state index contributed by atoms with van der Waals surface area (Å²) in [6, 6.07) is 0.942. The Balaban J connectivity index is 1.77. The molecule has 1 aliphatic rings. The Morgan fingerprint density at radius 3 is 2.20 bits per heavy atom. The number of carbonyl (C=O) groups excluding carboxylic acids is 5. The molecule has 0 radical (unpaired) electrons. The molecule has 1 aliphatic heterocycles. The van der Waals surface area contributed by atoms with Gasteiger partial charge in [-0.1, -0.05) is 19.9 Å². The van der Waals surface area contributed by atoms with E-state index in [1.165, 1.54) is 19.1 Å². The lowest BCUT2D eigenvalue weighted by atomic mass is 9.95. The Labute approximate surface area is 249 Å². The average Bonchev–Trinajstić information content (AvgIpc) is 3.37. The second-order valence-electron chi connectivity index (χ2n) is 10.6. The molecule has 2 aromatic rings. The molecule has 1 saturated heterocycles. The molecule has 0 unspecified atom stereocenters. The van der Waals surface area contributed by atoms with Crippen molar-refractivity contribution in [3.05, 3.63) is 58.9 Å². The van der Waals surface area contributed by atoms with Crippen LogP contribution in [0.25, 0.3) is 0 Å². The van der Waals surface area contributed by atoms with Crippen LogP contribution in [-0.4, -0.2) is 54.6 Å². The van der Waals surface area contributed by atoms with Crippen LogP contribution in [0.1, 0.15) is 38.7 Å². The highest BCUT2D eigenvalue weighted by Crippen LogP contribution is 2.27. The molecular weight excluding hydrogens is 595 g/mol. The third-order valence-electron chi connectivity index (χ3n) is 6.87. The fourth-order valence-electron chi connectivity index (χ4n) is 4.47. The highest BCUT2D eigenvalue weighted by atomic mass is 19.2. The molecular formula is C29H31F5N4O6. The van der Waals surface area contributed by atoms with Gasteiger partial charge in [0.1, 0.15) is 18.5 Å². The molecule has 10 nitrogen and oxygen atoms in total. The van der Waals surface area contributed by atoms with E-state index >= 15 is 0 Å². The third kappa shape index (κ3) is 8.51. The minimum atomic E-state index is -1.88. The highest BCUT2D eigenvalue weighted by molar-refractivity contribution is 6.40. The van der Waals surface area contributed by atoms with Crippen molar-refractivity contribution < 1.29 is 50.7 Å². The Kier molecular flexibility index (Phi) is 11.4. The number of hydrogen-bond acceptors (Lipinski definition) is 6. The van der Waals surface area contributed by atoms with Crippen molar-refractivity contribution >= 4 is 35.1 Å². The van der Waals surface area contributed by atoms with Crippen LogP contribution < -0.4 is 26.0 Å². The van der Waals surface area contributed by atoms with E-state index in [4.69, 9.17) is 4.74 Å². The van der Waals surface area contributed by atoms with Gasteiger partial charge in [-0.3, -0.25) is 24.0 Å². The molecule has 4 amide bonds. The minimum absolute atomic E-state index is 0.00976. The molecule has 3 rings (SSSR count). The summed E-state index contributed by atoms with van der Waals surface area (Å²) in [5.41, 5.74) is 0.104. The Morgan fingerprint density at radius 2 is 1.61 bits per heavy atom. The number of ether oxygens (including phenoxy) is 1. The molecule has 2 aromatic carbocycles. The number of amides is 4. The van der Waals surface area contributed by atoms with Crippen molar-refractivity contribution in [2.75, 3.05) is 18.5 Å². The largest absolute Gasteiger partial charge is 0.479 e. The van der Waals surface area contributed by atoms with Crippen molar-refractivity contribution in [2.24, 2.45) is 11.8 Å². The zero-order chi connectivity index (χ0) is 32.7. The molecule has 0 saturated carbocycles. The van der Waals surface area contributed by atoms with Gasteiger partial charge in [-0.05, 0) is 44.2 Å². The van der Waals surface area contributed by atoms with Crippen LogP contribution in [0, 0.1) is 47.8 Å². The summed E-state index contributed by atoms with van der Waals surface area (Å²) in [5.74, 6) is -15.1. The SMILES string of the molecule is Cc1c(F)cccc1NC(=O)C(=O)N[C@@H](CC(C)C)C(=O)N[C@@H](C[C@@H]1CCNC1=O)C(=O)COc1c(F)c(F)cc(F)c1F. The van der Waals surface area contributed by atoms with Crippen LogP contribution in [0.3, 0.4) is 0 Å². The van der Waals surface area contributed by atoms with Crippen LogP contribution in [0.15, 0.2) is 24.3 Å². The second kappa shape index (κ2) is 14.8. The average molecular weight is 627 g/mol. The van der Waals surface area contributed by atoms with Crippen molar-refractivity contribution in [2.45, 2.75) is 52.1 Å². The summed E-state index contributed by atoms with van der Waals surface area (Å²) in [7, 11) is 0. The molecule has 3 atom stereocenters. The second-order valence-corrected chi connectivity index (χ2v) is 10.6. The minimum Gasteiger partial charge on any atom is -0.479 e. The molecule has 15 heteroatoms. The van der Waals surface area contributed by atoms with Gasteiger partial charge in [0.15, 0.2) is 23.2 Å². The van der Waals surface area contributed by atoms with Crippen molar-refractivity contribution in [1.82, 2.24) is 16.0 Å². The maximum absolute atomic E-state index is 14.0. The van der Waals surface area contributed by atoms with Gasteiger partial charge in [0.2, 0.25) is 23.4 Å². The normalized spacial score (nSPS) is 15.8. The Bertz CT molecular complexity index is 1430. The third-order valence-corrected chi connectivity index (χ3v) is 6.87. The number of rotatable bonds is 12. The summed E-state index contributed by atoms with van der Waals surface area (Å²) >= 11 is 0. The smallest absolute Gasteiger partial charge is 0.313 e. The number of halogens is 5. The number of benzene rings is 2. The van der Waals surface area contributed by atoms with E-state index in [2.05, 4.69) is 21.3 Å². The first kappa shape index (κ1) is 33.9. The maximum atomic E-state index is 14.0. The van der Waals surface area contributed by atoms with Crippen molar-refractivity contribution in [3.63, 3.8) is 0 Å². The lowest BCUT2D eigenvalue weighted by Crippen LogP contribution is -2.54. The predicted octanol–water partition coefficient (Wildman–Crippen LogP) is 2.82. The van der Waals surface area contributed by atoms with E-state index in [1.807, 2.05) is 0 Å². The lowest BCUT2D eigenvalue weighted by Gasteiger charge is -2.25. The monoisotopic (exact) mass is 626 g/mol. The van der Waals surface area contributed by atoms with Crippen LogP contribution in [0.4, 0.5) is 27.6 Å². The zero-order valence-corrected chi connectivity index (χ0v) is 24.0. The lowest BCUT2D eigenvalue weighted by molar-refractivity contribution is -0.138. The molecule has 4 N–H and O–H groups in total. The number of hydrogen-bond donors (Lipinski definition) is 4. The van der Waals surface area contributed by atoms with Gasteiger partial charge in [-0.2, -0.15) is 8.78 Å². The summed E-state index contributed by atoms with van der Waals surface area (Å²) in [5, 5.41) is 9.48. The van der Waals surface area contributed by atoms with Gasteiger partial charge >= 0.3 is 11.8 Å². The number of anilines is 1. The van der Waals surface area contributed by atoms with Crippen LogP contribution >= 0.6 is 0 Å². The highest BCUT2D eigenvalue weighted by Gasteiger charge is 2.34. The molecule has 0 aromatic heterocycles. The molecule has 1 fully saturated rings. The summed E-state index contributed by atoms with van der Waals surface area (Å²) in [6.45, 7) is 3.95. The van der Waals surface area contributed by atoms with Crippen LogP contribution in [0.2, 0.25) is 0 Å². The molecule has 238 valence electrons. The maximum Gasteiger partial charge on any atom is 0.313 e. The van der Waals surface area contributed by atoms with Gasteiger partial charge in [0.25, 0.3) is 0 Å². The number of Topliss-reactive ketones (excluding diaryl/α,β-unsaturated/α-hetero) is 1. The van der Waals surface area contributed by atoms with E-state index in [9.17, 15) is 45.9 Å². The molecule has 0 aliphatic carbocycles. The van der Waals surface area contributed by atoms with Crippen LogP contribution in [0.5, 0.6) is 5.75 Å². The molecule has 44 heavy (non-hydrogen) atoms. The van der Waals surface area contributed by atoms with Crippen molar-refractivity contribution in [1.29, 1.82) is 0 Å². The topological polar surface area (TPSA) is 143 Å². The van der Waals surface area contributed by atoms with E-state index in [0.717, 1.165) is 6.07 Å². The first-order valence-corrected chi connectivity index (χ1v) is 13.6. The first-order valence-electron chi connectivity index (χ1n) is 13.6. The fraction of sp³-hybridized carbons (Fsp3) is 0.414. The number of nitrogens with one attached hydrogen (secondary N) is 4. The Hall–Kier alpha value is -4.56. The van der Waals surface area contributed by atoms with E-state index < -0.39 is 88.9 Å². The van der Waals surface area contributed by atoms with Crippen LogP contribution in [-0.2, 0) is 24.0 Å². The molecule has 0 bridgehead atoms. The summed E-state index contributed by atoms with van der Waals surface area (Å²) in [6.07, 6.45) is 0.0115. The van der Waals surface area contributed by atoms with Gasteiger partial charge in [-0.15, -0.1) is 0 Å². The summed E-state index contributed by atoms with van der Waals surface area (Å²) < 4.78 is 73.8. The van der Waals surface area contributed by atoms with Gasteiger partial charge in [-0.25, -0.2) is 13.2 Å². The van der Waals surface area contributed by atoms with E-state index in [-0.39, 0.29) is 36.1 Å². The Morgan fingerprint density at radius 1 is 0.955 bits per heavy atom. The number of ketones is 1. The van der Waals surface area contributed by atoms with E-state index in [1.54, 1.807) is 13.8 Å². The number of carbonyl (C=O) groups is 5. The van der Waals surface area contributed by atoms with Gasteiger partial charge in [0.05, 0.1) is 6.04 Å². The molecule has 1 heterocycles. The van der Waals surface area contributed by atoms with Gasteiger partial charge in [0, 0.05) is 29.8 Å². The van der Waals surface area contributed by atoms with E-state index in [0.29, 0.717) is 13.0 Å². The standard InChI is InChI=1S/C29H31F5N4O6/c1-13(2)9-21(38-29(43)28(42)36-19-6-4-5-16(30)14(19)3)27(41)37-20(10-15-7-8-35-26(15)40)22(39)12-44-25-23(33)17(31)11-18(32)24(25)34/h4-6,11,13,15,20-21H,7-10,12H2,1-3H3,(H,35,40)(H,36,42)(H,37,41)(H,38,43)/t15-,20-,21-/m0/s1.